The maximum absolute atomic E-state index is 5.99. The Balaban J connectivity index is 1.53. The lowest BCUT2D eigenvalue weighted by molar-refractivity contribution is 0.266. The molecule has 1 fully saturated rings. The van der Waals surface area contributed by atoms with Crippen LogP contribution in [0.1, 0.15) is 25.5 Å². The van der Waals surface area contributed by atoms with Gasteiger partial charge in [-0.1, -0.05) is 6.07 Å². The van der Waals surface area contributed by atoms with Gasteiger partial charge in [0.2, 0.25) is 0 Å². The van der Waals surface area contributed by atoms with Crippen LogP contribution in [0.3, 0.4) is 0 Å². The van der Waals surface area contributed by atoms with Gasteiger partial charge in [0.15, 0.2) is 0 Å². The second kappa shape index (κ2) is 5.61. The van der Waals surface area contributed by atoms with Crippen LogP contribution in [0, 0.1) is 0 Å². The number of fused-ring (bicyclic) bond motifs is 1. The molecule has 0 bridgehead atoms. The van der Waals surface area contributed by atoms with Gasteiger partial charge in [-0.2, -0.15) is 5.10 Å². The fourth-order valence-electron chi connectivity index (χ4n) is 3.39. The topological polar surface area (TPSA) is 45.1 Å². The first-order valence-corrected chi connectivity index (χ1v) is 8.05. The molecule has 0 amide bonds. The van der Waals surface area contributed by atoms with Crippen LogP contribution in [0.15, 0.2) is 41.1 Å². The molecule has 4 nitrogen and oxygen atoms in total. The van der Waals surface area contributed by atoms with E-state index in [1.807, 2.05) is 12.4 Å². The Morgan fingerprint density at radius 1 is 1.32 bits per heavy atom. The Bertz CT molecular complexity index is 760. The number of nitrogens with one attached hydrogen (secondary N) is 1. The summed E-state index contributed by atoms with van der Waals surface area (Å²) in [6.07, 6.45) is 7.40. The molecule has 1 aliphatic heterocycles. The Labute approximate surface area is 130 Å². The third kappa shape index (κ3) is 2.55. The van der Waals surface area contributed by atoms with Gasteiger partial charge in [-0.05, 0) is 50.1 Å². The highest BCUT2D eigenvalue weighted by Gasteiger charge is 2.20. The molecule has 114 valence electrons. The van der Waals surface area contributed by atoms with Gasteiger partial charge < -0.3 is 9.32 Å². The van der Waals surface area contributed by atoms with Crippen molar-refractivity contribution in [2.45, 2.75) is 32.2 Å². The van der Waals surface area contributed by atoms with E-state index < -0.39 is 0 Å². The third-order valence-corrected chi connectivity index (χ3v) is 4.73. The minimum Gasteiger partial charge on any atom is -0.461 e. The number of likely N-dealkylation sites (tertiary alicyclic amines) is 1. The van der Waals surface area contributed by atoms with E-state index in [0.29, 0.717) is 0 Å². The van der Waals surface area contributed by atoms with Crippen molar-refractivity contribution in [3.8, 4) is 11.1 Å². The molecule has 1 atom stereocenters. The zero-order chi connectivity index (χ0) is 14.9. The average Bonchev–Trinajstić information content (AvgIpc) is 3.25. The van der Waals surface area contributed by atoms with E-state index in [9.17, 15) is 0 Å². The number of hydrogen-bond acceptors (Lipinski definition) is 3. The highest BCUT2D eigenvalue weighted by atomic mass is 16.3. The Kier molecular flexibility index (Phi) is 3.47. The van der Waals surface area contributed by atoms with Crippen molar-refractivity contribution in [3.63, 3.8) is 0 Å². The molecule has 0 aliphatic carbocycles. The van der Waals surface area contributed by atoms with Crippen LogP contribution in [-0.2, 0) is 6.42 Å². The average molecular weight is 295 g/mol. The summed E-state index contributed by atoms with van der Waals surface area (Å²) < 4.78 is 5.99. The SMILES string of the molecule is C[C@@H]1CCCN1CCc1cc2cc(-c3cn[nH]c3)ccc2o1. The lowest BCUT2D eigenvalue weighted by atomic mass is 10.1. The smallest absolute Gasteiger partial charge is 0.134 e. The predicted molar refractivity (Wildman–Crippen MR) is 87.8 cm³/mol. The van der Waals surface area contributed by atoms with Crippen LogP contribution < -0.4 is 0 Å². The fraction of sp³-hybridized carbons (Fsp3) is 0.389. The molecule has 1 aliphatic rings. The summed E-state index contributed by atoms with van der Waals surface area (Å²) in [4.78, 5) is 2.56. The second-order valence-corrected chi connectivity index (χ2v) is 6.23. The molecule has 3 aromatic rings. The molecule has 1 aromatic carbocycles. The Morgan fingerprint density at radius 2 is 2.27 bits per heavy atom. The summed E-state index contributed by atoms with van der Waals surface area (Å²) in [6, 6.07) is 9.21. The molecule has 0 unspecified atom stereocenters. The van der Waals surface area contributed by atoms with Gasteiger partial charge in [-0.25, -0.2) is 0 Å². The number of furan rings is 1. The van der Waals surface area contributed by atoms with E-state index in [0.717, 1.165) is 35.9 Å². The number of H-pyrrole nitrogens is 1. The van der Waals surface area contributed by atoms with Crippen molar-refractivity contribution >= 4 is 11.0 Å². The first-order chi connectivity index (χ1) is 10.8. The van der Waals surface area contributed by atoms with Crippen LogP contribution >= 0.6 is 0 Å². The van der Waals surface area contributed by atoms with Gasteiger partial charge in [-0.15, -0.1) is 0 Å². The number of benzene rings is 1. The highest BCUT2D eigenvalue weighted by molar-refractivity contribution is 5.83. The van der Waals surface area contributed by atoms with E-state index in [2.05, 4.69) is 46.3 Å². The summed E-state index contributed by atoms with van der Waals surface area (Å²) in [5.41, 5.74) is 3.24. The van der Waals surface area contributed by atoms with Crippen LogP contribution in [0.2, 0.25) is 0 Å². The largest absolute Gasteiger partial charge is 0.461 e. The Morgan fingerprint density at radius 3 is 3.05 bits per heavy atom. The van der Waals surface area contributed by atoms with Crippen molar-refractivity contribution in [1.29, 1.82) is 0 Å². The van der Waals surface area contributed by atoms with Crippen molar-refractivity contribution in [2.75, 3.05) is 13.1 Å². The molecular formula is C18H21N3O. The molecule has 0 spiro atoms. The zero-order valence-corrected chi connectivity index (χ0v) is 12.9. The van der Waals surface area contributed by atoms with Crippen molar-refractivity contribution in [3.05, 3.63) is 42.4 Å². The lowest BCUT2D eigenvalue weighted by Gasteiger charge is -2.19. The molecule has 0 saturated carbocycles. The van der Waals surface area contributed by atoms with Crippen LogP contribution in [0.4, 0.5) is 0 Å². The molecule has 3 heterocycles. The highest BCUT2D eigenvalue weighted by Crippen LogP contribution is 2.27. The molecule has 4 heteroatoms. The van der Waals surface area contributed by atoms with E-state index >= 15 is 0 Å². The fourth-order valence-corrected chi connectivity index (χ4v) is 3.39. The first-order valence-electron chi connectivity index (χ1n) is 8.05. The zero-order valence-electron chi connectivity index (χ0n) is 12.9. The van der Waals surface area contributed by atoms with Gasteiger partial charge in [0, 0.05) is 36.2 Å². The second-order valence-electron chi connectivity index (χ2n) is 6.23. The van der Waals surface area contributed by atoms with Crippen LogP contribution in [-0.4, -0.2) is 34.2 Å². The van der Waals surface area contributed by atoms with E-state index in [-0.39, 0.29) is 0 Å². The quantitative estimate of drug-likeness (QED) is 0.795. The molecule has 2 aromatic heterocycles. The number of aromatic nitrogens is 2. The predicted octanol–water partition coefficient (Wildman–Crippen LogP) is 3.85. The maximum Gasteiger partial charge on any atom is 0.134 e. The number of hydrogen-bond donors (Lipinski definition) is 1. The van der Waals surface area contributed by atoms with E-state index in [1.165, 1.54) is 30.3 Å². The summed E-state index contributed by atoms with van der Waals surface area (Å²) in [7, 11) is 0. The molecule has 1 saturated heterocycles. The van der Waals surface area contributed by atoms with Gasteiger partial charge >= 0.3 is 0 Å². The number of nitrogens with zero attached hydrogens (tertiary/aromatic N) is 2. The van der Waals surface area contributed by atoms with Gasteiger partial charge in [0.25, 0.3) is 0 Å². The minimum atomic E-state index is 0.720. The number of aromatic amines is 1. The molecular weight excluding hydrogens is 274 g/mol. The monoisotopic (exact) mass is 295 g/mol. The maximum atomic E-state index is 5.99. The molecule has 22 heavy (non-hydrogen) atoms. The first kappa shape index (κ1) is 13.6. The summed E-state index contributed by atoms with van der Waals surface area (Å²) in [6.45, 7) is 4.64. The van der Waals surface area contributed by atoms with Crippen molar-refractivity contribution in [2.24, 2.45) is 0 Å². The van der Waals surface area contributed by atoms with Crippen LogP contribution in [0.5, 0.6) is 0 Å². The molecule has 4 rings (SSSR count). The number of rotatable bonds is 4. The molecule has 0 radical (unpaired) electrons. The van der Waals surface area contributed by atoms with Gasteiger partial charge in [0.05, 0.1) is 6.20 Å². The van der Waals surface area contributed by atoms with Crippen molar-refractivity contribution < 1.29 is 4.42 Å². The minimum absolute atomic E-state index is 0.720. The lowest BCUT2D eigenvalue weighted by Crippen LogP contribution is -2.28. The van der Waals surface area contributed by atoms with Crippen LogP contribution in [0.25, 0.3) is 22.1 Å². The summed E-state index contributed by atoms with van der Waals surface area (Å²) >= 11 is 0. The molecule has 1 N–H and O–H groups in total. The third-order valence-electron chi connectivity index (χ3n) is 4.73. The standard InChI is InChI=1S/C18H21N3O/c1-13-3-2-7-21(13)8-6-17-10-15-9-14(4-5-18(15)22-17)16-11-19-20-12-16/h4-5,9-13H,2-3,6-8H2,1H3,(H,19,20)/t13-/m1/s1. The summed E-state index contributed by atoms with van der Waals surface area (Å²) in [5.74, 6) is 1.08. The Hall–Kier alpha value is -2.07. The summed E-state index contributed by atoms with van der Waals surface area (Å²) in [5, 5.41) is 8.04. The van der Waals surface area contributed by atoms with E-state index in [1.54, 1.807) is 0 Å². The normalized spacial score (nSPS) is 19.2. The van der Waals surface area contributed by atoms with E-state index in [4.69, 9.17) is 4.42 Å². The van der Waals surface area contributed by atoms with Crippen molar-refractivity contribution in [1.82, 2.24) is 15.1 Å². The van der Waals surface area contributed by atoms with Gasteiger partial charge in [0.1, 0.15) is 11.3 Å². The van der Waals surface area contributed by atoms with Gasteiger partial charge in [-0.3, -0.25) is 5.10 Å².